The summed E-state index contributed by atoms with van der Waals surface area (Å²) in [6, 6.07) is 2.98. The number of rotatable bonds is 1. The van der Waals surface area contributed by atoms with Crippen molar-refractivity contribution in [2.45, 2.75) is 43.7 Å². The number of hydrogen-bond acceptors (Lipinski definition) is 2. The van der Waals surface area contributed by atoms with Crippen molar-refractivity contribution in [1.29, 1.82) is 0 Å². The summed E-state index contributed by atoms with van der Waals surface area (Å²) in [5.41, 5.74) is -2.02. The van der Waals surface area contributed by atoms with E-state index in [0.717, 1.165) is 35.9 Å². The van der Waals surface area contributed by atoms with Crippen LogP contribution in [0.25, 0.3) is 0 Å². The number of carbonyl (C=O) groups excluding carboxylic acids is 1. The number of amides is 2. The molecule has 2 amide bonds. The normalized spacial score (nSPS) is 26.4. The van der Waals surface area contributed by atoms with E-state index in [1.807, 2.05) is 0 Å². The monoisotopic (exact) mass is 324 g/mol. The highest BCUT2D eigenvalue weighted by Crippen LogP contribution is 2.41. The minimum absolute atomic E-state index is 0.0447. The third kappa shape index (κ3) is 2.44. The molecule has 23 heavy (non-hydrogen) atoms. The van der Waals surface area contributed by atoms with E-state index in [-0.39, 0.29) is 12.1 Å². The van der Waals surface area contributed by atoms with Crippen LogP contribution in [-0.4, -0.2) is 34.1 Å². The highest BCUT2D eigenvalue weighted by molar-refractivity contribution is 5.92. The lowest BCUT2D eigenvalue weighted by molar-refractivity contribution is -0.140. The van der Waals surface area contributed by atoms with Gasteiger partial charge in [0.05, 0.1) is 12.1 Å². The molecule has 1 aliphatic carbocycles. The van der Waals surface area contributed by atoms with Gasteiger partial charge in [-0.05, 0) is 37.5 Å². The summed E-state index contributed by atoms with van der Waals surface area (Å²) >= 11 is 0. The number of nitrogens with zero attached hydrogens (tertiary/aromatic N) is 1. The molecule has 0 radical (unpaired) electrons. The molecule has 1 aliphatic heterocycles. The lowest BCUT2D eigenvalue weighted by atomic mass is 9.82. The van der Waals surface area contributed by atoms with E-state index < -0.39 is 34.7 Å². The van der Waals surface area contributed by atoms with Gasteiger partial charge in [0, 0.05) is 6.07 Å². The van der Waals surface area contributed by atoms with Gasteiger partial charge in [0.2, 0.25) is 5.91 Å². The first-order valence-electron chi connectivity index (χ1n) is 7.57. The van der Waals surface area contributed by atoms with Crippen LogP contribution in [0.3, 0.4) is 0 Å². The van der Waals surface area contributed by atoms with E-state index in [1.165, 1.54) is 0 Å². The maximum atomic E-state index is 13.5. The topological polar surface area (TPSA) is 69.6 Å². The Hall–Kier alpha value is -2.18. The van der Waals surface area contributed by atoms with Gasteiger partial charge in [-0.1, -0.05) is 12.8 Å². The Morgan fingerprint density at radius 1 is 1.22 bits per heavy atom. The molecular weight excluding hydrogens is 306 g/mol. The van der Waals surface area contributed by atoms with Crippen LogP contribution in [0.2, 0.25) is 0 Å². The first-order valence-corrected chi connectivity index (χ1v) is 7.57. The van der Waals surface area contributed by atoms with Crippen LogP contribution in [0, 0.1) is 11.6 Å². The zero-order chi connectivity index (χ0) is 16.8. The van der Waals surface area contributed by atoms with E-state index in [9.17, 15) is 23.5 Å². The molecule has 7 heteroatoms. The summed E-state index contributed by atoms with van der Waals surface area (Å²) in [7, 11) is 0. The predicted octanol–water partition coefficient (Wildman–Crippen LogP) is 2.60. The fourth-order valence-electron chi connectivity index (χ4n) is 3.74. The van der Waals surface area contributed by atoms with E-state index in [0.29, 0.717) is 12.8 Å². The number of halogens is 2. The molecular formula is C16H18F2N2O3. The van der Waals surface area contributed by atoms with Crippen LogP contribution in [0.5, 0.6) is 0 Å². The van der Waals surface area contributed by atoms with Crippen molar-refractivity contribution in [3.05, 3.63) is 35.4 Å². The maximum absolute atomic E-state index is 13.5. The van der Waals surface area contributed by atoms with E-state index in [1.54, 1.807) is 6.92 Å². The summed E-state index contributed by atoms with van der Waals surface area (Å²) in [5.74, 6) is -1.92. The molecule has 1 saturated heterocycles. The average Bonchev–Trinajstić information content (AvgIpc) is 2.92. The Morgan fingerprint density at radius 3 is 2.30 bits per heavy atom. The van der Waals surface area contributed by atoms with Crippen LogP contribution >= 0.6 is 0 Å². The van der Waals surface area contributed by atoms with E-state index >= 15 is 0 Å². The zero-order valence-corrected chi connectivity index (χ0v) is 12.7. The summed E-state index contributed by atoms with van der Waals surface area (Å²) in [5, 5.41) is 12.4. The van der Waals surface area contributed by atoms with Crippen LogP contribution < -0.4 is 5.32 Å². The standard InChI is InChI=1S/C16H18F2N2O3/c1-15(10-6-11(17)8-12(18)7-10)9-20(14(22)23)16(13(21)19-15)4-2-3-5-16/h6-8H,2-5,9H2,1H3,(H,19,21)(H,22,23)/t15-/m0/s1. The SMILES string of the molecule is C[C@@]1(c2cc(F)cc(F)c2)CN(C(=O)O)C2(CCCC2)C(=O)N1. The third-order valence-electron chi connectivity index (χ3n) is 4.96. The highest BCUT2D eigenvalue weighted by atomic mass is 19.1. The number of benzene rings is 1. The predicted molar refractivity (Wildman–Crippen MR) is 77.8 cm³/mol. The summed E-state index contributed by atoms with van der Waals surface area (Å²) in [6.45, 7) is 1.54. The molecule has 5 nitrogen and oxygen atoms in total. The molecule has 0 bridgehead atoms. The third-order valence-corrected chi connectivity index (χ3v) is 4.96. The van der Waals surface area contributed by atoms with Gasteiger partial charge in [0.1, 0.15) is 17.2 Å². The van der Waals surface area contributed by atoms with Gasteiger partial charge in [0.15, 0.2) is 0 Å². The zero-order valence-electron chi connectivity index (χ0n) is 12.7. The average molecular weight is 324 g/mol. The Morgan fingerprint density at radius 2 is 1.78 bits per heavy atom. The minimum Gasteiger partial charge on any atom is -0.465 e. The largest absolute Gasteiger partial charge is 0.465 e. The minimum atomic E-state index is -1.19. The number of carbonyl (C=O) groups is 2. The van der Waals surface area contributed by atoms with Crippen molar-refractivity contribution in [1.82, 2.24) is 10.2 Å². The summed E-state index contributed by atoms with van der Waals surface area (Å²) in [6.07, 6.45) is 1.31. The number of hydrogen-bond donors (Lipinski definition) is 2. The van der Waals surface area contributed by atoms with E-state index in [4.69, 9.17) is 0 Å². The maximum Gasteiger partial charge on any atom is 0.408 e. The first kappa shape index (κ1) is 15.7. The van der Waals surface area contributed by atoms with Gasteiger partial charge in [-0.25, -0.2) is 13.6 Å². The van der Waals surface area contributed by atoms with Gasteiger partial charge < -0.3 is 10.4 Å². The fourth-order valence-corrected chi connectivity index (χ4v) is 3.74. The first-order chi connectivity index (χ1) is 10.8. The summed E-state index contributed by atoms with van der Waals surface area (Å²) in [4.78, 5) is 25.5. The molecule has 2 aliphatic rings. The van der Waals surface area contributed by atoms with Gasteiger partial charge >= 0.3 is 6.09 Å². The molecule has 2 N–H and O–H groups in total. The van der Waals surface area contributed by atoms with Crippen molar-refractivity contribution in [2.24, 2.45) is 0 Å². The molecule has 0 unspecified atom stereocenters. The van der Waals surface area contributed by atoms with Crippen molar-refractivity contribution >= 4 is 12.0 Å². The lowest BCUT2D eigenvalue weighted by Crippen LogP contribution is -2.71. The lowest BCUT2D eigenvalue weighted by Gasteiger charge is -2.49. The molecule has 124 valence electrons. The van der Waals surface area contributed by atoms with Gasteiger partial charge in [0.25, 0.3) is 0 Å². The summed E-state index contributed by atoms with van der Waals surface area (Å²) < 4.78 is 27.0. The molecule has 1 aromatic carbocycles. The molecule has 1 heterocycles. The Kier molecular flexibility index (Phi) is 3.54. The van der Waals surface area contributed by atoms with E-state index in [2.05, 4.69) is 5.32 Å². The Labute approximate surface area is 132 Å². The van der Waals surface area contributed by atoms with Crippen molar-refractivity contribution in [3.63, 3.8) is 0 Å². The number of carboxylic acid groups (broad SMARTS) is 1. The molecule has 0 aromatic heterocycles. The Balaban J connectivity index is 2.03. The second-order valence-corrected chi connectivity index (χ2v) is 6.55. The number of nitrogens with one attached hydrogen (secondary N) is 1. The molecule has 1 spiro atoms. The smallest absolute Gasteiger partial charge is 0.408 e. The van der Waals surface area contributed by atoms with Gasteiger partial charge in [-0.2, -0.15) is 0 Å². The second kappa shape index (κ2) is 5.18. The van der Waals surface area contributed by atoms with Crippen LogP contribution in [-0.2, 0) is 10.3 Å². The van der Waals surface area contributed by atoms with Crippen molar-refractivity contribution in [3.8, 4) is 0 Å². The molecule has 1 saturated carbocycles. The molecule has 1 atom stereocenters. The molecule has 2 fully saturated rings. The van der Waals surface area contributed by atoms with Crippen molar-refractivity contribution in [2.75, 3.05) is 6.54 Å². The molecule has 3 rings (SSSR count). The quantitative estimate of drug-likeness (QED) is 0.834. The van der Waals surface area contributed by atoms with Crippen LogP contribution in [0.1, 0.15) is 38.2 Å². The van der Waals surface area contributed by atoms with Gasteiger partial charge in [-0.15, -0.1) is 0 Å². The van der Waals surface area contributed by atoms with Crippen LogP contribution in [0.4, 0.5) is 13.6 Å². The number of piperazine rings is 1. The highest BCUT2D eigenvalue weighted by Gasteiger charge is 2.55. The second-order valence-electron chi connectivity index (χ2n) is 6.55. The molecule has 1 aromatic rings. The van der Waals surface area contributed by atoms with Crippen LogP contribution in [0.15, 0.2) is 18.2 Å². The van der Waals surface area contributed by atoms with Gasteiger partial charge in [-0.3, -0.25) is 9.69 Å². The van der Waals surface area contributed by atoms with Crippen molar-refractivity contribution < 1.29 is 23.5 Å². The fraction of sp³-hybridized carbons (Fsp3) is 0.500. The Bertz CT molecular complexity index is 653.